The number of aromatic nitrogens is 2. The molecule has 0 aliphatic carbocycles. The second-order valence-corrected chi connectivity index (χ2v) is 7.03. The lowest BCUT2D eigenvalue weighted by atomic mass is 10.1. The van der Waals surface area contributed by atoms with Crippen molar-refractivity contribution < 1.29 is 23.4 Å². The van der Waals surface area contributed by atoms with Crippen molar-refractivity contribution in [1.29, 1.82) is 0 Å². The molecule has 0 bridgehead atoms. The third kappa shape index (κ3) is 5.78. The molecular formula is C18H25N3O5S. The molecule has 2 rings (SSSR count). The molecule has 1 amide bonds. The molecular weight excluding hydrogens is 370 g/mol. The highest BCUT2D eigenvalue weighted by molar-refractivity contribution is 7.99. The molecule has 0 saturated heterocycles. The van der Waals surface area contributed by atoms with E-state index in [0.29, 0.717) is 46.4 Å². The van der Waals surface area contributed by atoms with Crippen LogP contribution < -0.4 is 19.5 Å². The van der Waals surface area contributed by atoms with Crippen molar-refractivity contribution in [3.8, 4) is 28.7 Å². The summed E-state index contributed by atoms with van der Waals surface area (Å²) in [7, 11) is 4.61. The molecule has 0 atom stereocenters. The Morgan fingerprint density at radius 1 is 1.15 bits per heavy atom. The van der Waals surface area contributed by atoms with Crippen LogP contribution in [0.3, 0.4) is 0 Å². The summed E-state index contributed by atoms with van der Waals surface area (Å²) < 4.78 is 21.6. The van der Waals surface area contributed by atoms with Crippen LogP contribution >= 0.6 is 11.8 Å². The summed E-state index contributed by atoms with van der Waals surface area (Å²) in [5, 5.41) is 11.2. The molecule has 148 valence electrons. The predicted octanol–water partition coefficient (Wildman–Crippen LogP) is 3.02. The summed E-state index contributed by atoms with van der Waals surface area (Å²) in [5.41, 5.74) is 0.630. The molecule has 1 aromatic carbocycles. The summed E-state index contributed by atoms with van der Waals surface area (Å²) in [6, 6.07) is 3.45. The minimum Gasteiger partial charge on any atom is -0.493 e. The first-order valence-electron chi connectivity index (χ1n) is 8.51. The third-order valence-corrected chi connectivity index (χ3v) is 4.51. The zero-order valence-electron chi connectivity index (χ0n) is 16.2. The minimum atomic E-state index is -0.0619. The maximum absolute atomic E-state index is 11.8. The summed E-state index contributed by atoms with van der Waals surface area (Å²) in [5.74, 6) is 2.47. The first kappa shape index (κ1) is 20.9. The van der Waals surface area contributed by atoms with Gasteiger partial charge in [-0.3, -0.25) is 4.79 Å². The van der Waals surface area contributed by atoms with Gasteiger partial charge < -0.3 is 23.9 Å². The SMILES string of the molecule is COc1cc(-c2nnc(SCC(=O)NCCC(C)C)o2)cc(OC)c1OC. The molecule has 0 aliphatic rings. The van der Waals surface area contributed by atoms with E-state index in [1.807, 2.05) is 0 Å². The van der Waals surface area contributed by atoms with E-state index in [1.165, 1.54) is 33.1 Å². The number of amides is 1. The molecule has 27 heavy (non-hydrogen) atoms. The second-order valence-electron chi connectivity index (χ2n) is 6.11. The fraction of sp³-hybridized carbons (Fsp3) is 0.500. The van der Waals surface area contributed by atoms with E-state index in [4.69, 9.17) is 18.6 Å². The lowest BCUT2D eigenvalue weighted by Gasteiger charge is -2.12. The number of nitrogens with zero attached hydrogens (tertiary/aromatic N) is 2. The fourth-order valence-electron chi connectivity index (χ4n) is 2.27. The van der Waals surface area contributed by atoms with Gasteiger partial charge in [0.2, 0.25) is 17.5 Å². The molecule has 0 spiro atoms. The number of rotatable bonds is 10. The van der Waals surface area contributed by atoms with Crippen molar-refractivity contribution in [1.82, 2.24) is 15.5 Å². The van der Waals surface area contributed by atoms with Crippen LogP contribution in [0.2, 0.25) is 0 Å². The van der Waals surface area contributed by atoms with Crippen LogP contribution in [0.4, 0.5) is 0 Å². The molecule has 1 aromatic heterocycles. The maximum Gasteiger partial charge on any atom is 0.277 e. The Hall–Kier alpha value is -2.42. The van der Waals surface area contributed by atoms with E-state index in [2.05, 4.69) is 29.4 Å². The number of carbonyl (C=O) groups is 1. The quantitative estimate of drug-likeness (QED) is 0.613. The average molecular weight is 395 g/mol. The Labute approximate surface area is 163 Å². The Kier molecular flexibility index (Phi) is 7.78. The van der Waals surface area contributed by atoms with Crippen LogP contribution in [-0.4, -0.2) is 49.7 Å². The molecule has 1 N–H and O–H groups in total. The average Bonchev–Trinajstić information content (AvgIpc) is 3.13. The van der Waals surface area contributed by atoms with Crippen LogP contribution in [-0.2, 0) is 4.79 Å². The predicted molar refractivity (Wildman–Crippen MR) is 103 cm³/mol. The van der Waals surface area contributed by atoms with Crippen molar-refractivity contribution in [2.45, 2.75) is 25.5 Å². The van der Waals surface area contributed by atoms with E-state index in [-0.39, 0.29) is 11.7 Å². The monoisotopic (exact) mass is 395 g/mol. The van der Waals surface area contributed by atoms with E-state index >= 15 is 0 Å². The standard InChI is InChI=1S/C18H25N3O5S/c1-11(2)6-7-19-15(22)10-27-18-21-20-17(26-18)12-8-13(23-3)16(25-5)14(9-12)24-4/h8-9,11H,6-7,10H2,1-5H3,(H,19,22). The largest absolute Gasteiger partial charge is 0.493 e. The number of hydrogen-bond acceptors (Lipinski definition) is 8. The Morgan fingerprint density at radius 2 is 1.81 bits per heavy atom. The van der Waals surface area contributed by atoms with E-state index in [0.717, 1.165) is 6.42 Å². The van der Waals surface area contributed by atoms with Crippen LogP contribution in [0.15, 0.2) is 21.8 Å². The van der Waals surface area contributed by atoms with Crippen LogP contribution in [0.1, 0.15) is 20.3 Å². The summed E-state index contributed by atoms with van der Waals surface area (Å²) in [6.07, 6.45) is 0.947. The zero-order chi connectivity index (χ0) is 19.8. The first-order valence-corrected chi connectivity index (χ1v) is 9.50. The van der Waals surface area contributed by atoms with Crippen molar-refractivity contribution in [2.24, 2.45) is 5.92 Å². The number of methoxy groups -OCH3 is 3. The molecule has 0 unspecified atom stereocenters. The lowest BCUT2D eigenvalue weighted by Crippen LogP contribution is -2.26. The smallest absolute Gasteiger partial charge is 0.277 e. The van der Waals surface area contributed by atoms with Crippen molar-refractivity contribution in [3.63, 3.8) is 0 Å². The molecule has 9 heteroatoms. The van der Waals surface area contributed by atoms with Gasteiger partial charge in [-0.15, -0.1) is 10.2 Å². The Balaban J connectivity index is 2.04. The van der Waals surface area contributed by atoms with Crippen molar-refractivity contribution >= 4 is 17.7 Å². The molecule has 0 radical (unpaired) electrons. The van der Waals surface area contributed by atoms with Gasteiger partial charge in [-0.2, -0.15) is 0 Å². The molecule has 0 aliphatic heterocycles. The molecule has 1 heterocycles. The number of thioether (sulfide) groups is 1. The van der Waals surface area contributed by atoms with Gasteiger partial charge in [-0.05, 0) is 24.5 Å². The van der Waals surface area contributed by atoms with Crippen molar-refractivity contribution in [2.75, 3.05) is 33.6 Å². The lowest BCUT2D eigenvalue weighted by molar-refractivity contribution is -0.118. The number of benzene rings is 1. The van der Waals surface area contributed by atoms with Gasteiger partial charge in [-0.1, -0.05) is 25.6 Å². The Morgan fingerprint density at radius 3 is 2.37 bits per heavy atom. The van der Waals surface area contributed by atoms with Crippen molar-refractivity contribution in [3.05, 3.63) is 12.1 Å². The highest BCUT2D eigenvalue weighted by Gasteiger charge is 2.18. The number of hydrogen-bond donors (Lipinski definition) is 1. The number of ether oxygens (including phenoxy) is 3. The van der Waals surface area contributed by atoms with E-state index < -0.39 is 0 Å². The topological polar surface area (TPSA) is 95.7 Å². The van der Waals surface area contributed by atoms with Gasteiger partial charge in [-0.25, -0.2) is 0 Å². The maximum atomic E-state index is 11.8. The normalized spacial score (nSPS) is 10.7. The zero-order valence-corrected chi connectivity index (χ0v) is 17.0. The third-order valence-electron chi connectivity index (χ3n) is 3.69. The first-order chi connectivity index (χ1) is 13.0. The van der Waals surface area contributed by atoms with Crippen LogP contribution in [0.5, 0.6) is 17.2 Å². The van der Waals surface area contributed by atoms with Gasteiger partial charge in [0.15, 0.2) is 11.5 Å². The molecule has 8 nitrogen and oxygen atoms in total. The Bertz CT molecular complexity index is 738. The van der Waals surface area contributed by atoms with Gasteiger partial charge in [0.05, 0.1) is 27.1 Å². The summed E-state index contributed by atoms with van der Waals surface area (Å²) in [6.45, 7) is 4.89. The highest BCUT2D eigenvalue weighted by atomic mass is 32.2. The summed E-state index contributed by atoms with van der Waals surface area (Å²) >= 11 is 1.19. The van der Waals surface area contributed by atoms with Crippen LogP contribution in [0.25, 0.3) is 11.5 Å². The molecule has 2 aromatic rings. The van der Waals surface area contributed by atoms with Gasteiger partial charge in [0, 0.05) is 12.1 Å². The fourth-order valence-corrected chi connectivity index (χ4v) is 2.86. The van der Waals surface area contributed by atoms with Gasteiger partial charge in [0.25, 0.3) is 5.22 Å². The molecule has 0 saturated carbocycles. The minimum absolute atomic E-state index is 0.0619. The second kappa shape index (κ2) is 10.1. The van der Waals surface area contributed by atoms with Gasteiger partial charge in [0.1, 0.15) is 0 Å². The number of nitrogens with one attached hydrogen (secondary N) is 1. The molecule has 0 fully saturated rings. The number of carbonyl (C=O) groups excluding carboxylic acids is 1. The highest BCUT2D eigenvalue weighted by Crippen LogP contribution is 2.41. The van der Waals surface area contributed by atoms with Gasteiger partial charge >= 0.3 is 0 Å². The van der Waals surface area contributed by atoms with Crippen LogP contribution in [0, 0.1) is 5.92 Å². The van der Waals surface area contributed by atoms with E-state index in [9.17, 15) is 4.79 Å². The summed E-state index contributed by atoms with van der Waals surface area (Å²) in [4.78, 5) is 11.8. The van der Waals surface area contributed by atoms with E-state index in [1.54, 1.807) is 12.1 Å².